The zero-order valence-electron chi connectivity index (χ0n) is 11.1. The highest BCUT2D eigenvalue weighted by atomic mass is 16.5. The predicted molar refractivity (Wildman–Crippen MR) is 71.2 cm³/mol. The Morgan fingerprint density at radius 3 is 2.61 bits per heavy atom. The van der Waals surface area contributed by atoms with Gasteiger partial charge in [0.15, 0.2) is 0 Å². The van der Waals surface area contributed by atoms with E-state index in [4.69, 9.17) is 4.74 Å². The molecule has 3 atom stereocenters. The van der Waals surface area contributed by atoms with Gasteiger partial charge in [0, 0.05) is 0 Å². The molecule has 18 heavy (non-hydrogen) atoms. The summed E-state index contributed by atoms with van der Waals surface area (Å²) >= 11 is 0. The first kappa shape index (κ1) is 13.1. The zero-order chi connectivity index (χ0) is 13.0. The van der Waals surface area contributed by atoms with Gasteiger partial charge in [0.05, 0.1) is 12.6 Å². The number of carbonyl (C=O) groups excluding carboxylic acids is 1. The highest BCUT2D eigenvalue weighted by molar-refractivity contribution is 5.80. The predicted octanol–water partition coefficient (Wildman–Crippen LogP) is 2.78. The Bertz CT molecular complexity index is 391. The van der Waals surface area contributed by atoms with Crippen LogP contribution in [0.3, 0.4) is 0 Å². The quantitative estimate of drug-likeness (QED) is 0.572. The number of hydrogen-bond acceptors (Lipinski definition) is 3. The lowest BCUT2D eigenvalue weighted by Crippen LogP contribution is -2.16. The molecule has 98 valence electrons. The Labute approximate surface area is 109 Å². The largest absolute Gasteiger partial charge is 0.465 e. The molecule has 1 heterocycles. The first-order valence-electron chi connectivity index (χ1n) is 6.77. The number of carbonyl (C=O) groups is 1. The zero-order valence-corrected chi connectivity index (χ0v) is 11.1. The van der Waals surface area contributed by atoms with Gasteiger partial charge < -0.3 is 4.74 Å². The van der Waals surface area contributed by atoms with Crippen LogP contribution in [0.5, 0.6) is 0 Å². The van der Waals surface area contributed by atoms with Crippen LogP contribution in [-0.4, -0.2) is 30.1 Å². The first-order valence-corrected chi connectivity index (χ1v) is 6.77. The number of rotatable bonds is 6. The maximum atomic E-state index is 11.9. The molecular weight excluding hydrogens is 226 g/mol. The van der Waals surface area contributed by atoms with Crippen LogP contribution >= 0.6 is 0 Å². The van der Waals surface area contributed by atoms with Gasteiger partial charge in [-0.3, -0.25) is 9.69 Å². The Morgan fingerprint density at radius 1 is 1.28 bits per heavy atom. The van der Waals surface area contributed by atoms with Crippen LogP contribution in [0.1, 0.15) is 38.3 Å². The molecule has 0 saturated carbocycles. The number of unbranched alkanes of at least 4 members (excludes halogenated alkanes) is 1. The molecule has 3 nitrogen and oxygen atoms in total. The second-order valence-corrected chi connectivity index (χ2v) is 4.64. The lowest BCUT2D eigenvalue weighted by molar-refractivity contribution is -0.143. The molecule has 1 aromatic rings. The van der Waals surface area contributed by atoms with E-state index in [0.29, 0.717) is 6.61 Å². The summed E-state index contributed by atoms with van der Waals surface area (Å²) in [6, 6.07) is 10.4. The summed E-state index contributed by atoms with van der Waals surface area (Å²) in [5.41, 5.74) is 1.21. The molecule has 2 rings (SSSR count). The topological polar surface area (TPSA) is 29.3 Å². The van der Waals surface area contributed by atoms with E-state index >= 15 is 0 Å². The molecule has 0 aromatic heterocycles. The van der Waals surface area contributed by atoms with Crippen molar-refractivity contribution in [3.63, 3.8) is 0 Å². The van der Waals surface area contributed by atoms with Crippen molar-refractivity contribution >= 4 is 5.97 Å². The molecule has 1 unspecified atom stereocenters. The van der Waals surface area contributed by atoms with E-state index in [0.717, 1.165) is 19.4 Å². The molecule has 0 N–H and O–H groups in total. The van der Waals surface area contributed by atoms with E-state index in [-0.39, 0.29) is 18.1 Å². The first-order chi connectivity index (χ1) is 8.79. The van der Waals surface area contributed by atoms with Crippen molar-refractivity contribution in [2.24, 2.45) is 0 Å². The Morgan fingerprint density at radius 2 is 2.00 bits per heavy atom. The summed E-state index contributed by atoms with van der Waals surface area (Å²) in [7, 11) is 0. The SMILES string of the molecule is CCCCN1[C@H](C(=O)OCC)[C@H]1c1ccccc1. The van der Waals surface area contributed by atoms with Gasteiger partial charge in [0.2, 0.25) is 0 Å². The van der Waals surface area contributed by atoms with Gasteiger partial charge in [-0.15, -0.1) is 0 Å². The fraction of sp³-hybridized carbons (Fsp3) is 0.533. The summed E-state index contributed by atoms with van der Waals surface area (Å²) in [5, 5.41) is 0. The molecule has 0 bridgehead atoms. The standard InChI is InChI=1S/C15H21NO2/c1-3-5-11-16-13(12-9-7-6-8-10-12)14(16)15(17)18-4-2/h6-10,13-14H,3-5,11H2,1-2H3/t13-,14+,16?/m1/s1. The normalized spacial score (nSPS) is 25.8. The van der Waals surface area contributed by atoms with E-state index < -0.39 is 0 Å². The van der Waals surface area contributed by atoms with Crippen molar-refractivity contribution in [3.05, 3.63) is 35.9 Å². The van der Waals surface area contributed by atoms with Crippen LogP contribution < -0.4 is 0 Å². The summed E-state index contributed by atoms with van der Waals surface area (Å²) in [6.45, 7) is 5.45. The van der Waals surface area contributed by atoms with Crippen molar-refractivity contribution < 1.29 is 9.53 Å². The second kappa shape index (κ2) is 6.01. The van der Waals surface area contributed by atoms with Gasteiger partial charge in [-0.1, -0.05) is 43.7 Å². The van der Waals surface area contributed by atoms with E-state index in [1.54, 1.807) is 0 Å². The number of esters is 1. The highest BCUT2D eigenvalue weighted by Crippen LogP contribution is 2.43. The Hall–Kier alpha value is -1.35. The summed E-state index contributed by atoms with van der Waals surface area (Å²) in [6.07, 6.45) is 2.27. The van der Waals surface area contributed by atoms with Gasteiger partial charge >= 0.3 is 5.97 Å². The van der Waals surface area contributed by atoms with Crippen LogP contribution in [0.15, 0.2) is 30.3 Å². The van der Waals surface area contributed by atoms with Gasteiger partial charge in [-0.05, 0) is 25.5 Å². The number of hydrogen-bond donors (Lipinski definition) is 0. The van der Waals surface area contributed by atoms with Crippen molar-refractivity contribution in [1.82, 2.24) is 4.90 Å². The molecule has 3 heteroatoms. The van der Waals surface area contributed by atoms with Crippen molar-refractivity contribution in [3.8, 4) is 0 Å². The lowest BCUT2D eigenvalue weighted by Gasteiger charge is -2.02. The minimum absolute atomic E-state index is 0.0705. The van der Waals surface area contributed by atoms with Crippen molar-refractivity contribution in [2.75, 3.05) is 13.2 Å². The average molecular weight is 247 g/mol. The second-order valence-electron chi connectivity index (χ2n) is 4.64. The third-order valence-electron chi connectivity index (χ3n) is 3.36. The van der Waals surface area contributed by atoms with Crippen molar-refractivity contribution in [2.45, 2.75) is 38.8 Å². The number of nitrogens with zero attached hydrogens (tertiary/aromatic N) is 1. The van der Waals surface area contributed by atoms with Crippen LogP contribution in [0.4, 0.5) is 0 Å². The molecule has 1 aliphatic rings. The van der Waals surface area contributed by atoms with E-state index in [2.05, 4.69) is 24.0 Å². The molecule has 1 aliphatic heterocycles. The molecule has 0 aliphatic carbocycles. The van der Waals surface area contributed by atoms with E-state index in [9.17, 15) is 4.79 Å². The smallest absolute Gasteiger partial charge is 0.325 e. The minimum atomic E-state index is -0.0811. The maximum absolute atomic E-state index is 11.9. The molecule has 1 fully saturated rings. The molecule has 1 aromatic carbocycles. The fourth-order valence-electron chi connectivity index (χ4n) is 2.41. The number of ether oxygens (including phenoxy) is 1. The third-order valence-corrected chi connectivity index (χ3v) is 3.36. The van der Waals surface area contributed by atoms with Crippen molar-refractivity contribution in [1.29, 1.82) is 0 Å². The van der Waals surface area contributed by atoms with E-state index in [1.165, 1.54) is 5.56 Å². The Kier molecular flexibility index (Phi) is 4.37. The molecule has 0 amide bonds. The van der Waals surface area contributed by atoms with Crippen LogP contribution in [-0.2, 0) is 9.53 Å². The highest BCUT2D eigenvalue weighted by Gasteiger charge is 2.53. The lowest BCUT2D eigenvalue weighted by atomic mass is 10.1. The summed E-state index contributed by atoms with van der Waals surface area (Å²) in [5.74, 6) is -0.0811. The van der Waals surface area contributed by atoms with Crippen LogP contribution in [0, 0.1) is 0 Å². The molecule has 0 spiro atoms. The van der Waals surface area contributed by atoms with Gasteiger partial charge in [0.1, 0.15) is 6.04 Å². The molecular formula is C15H21NO2. The summed E-state index contributed by atoms with van der Waals surface area (Å²) < 4.78 is 5.15. The average Bonchev–Trinajstić information content (AvgIpc) is 3.12. The fourth-order valence-corrected chi connectivity index (χ4v) is 2.41. The maximum Gasteiger partial charge on any atom is 0.325 e. The van der Waals surface area contributed by atoms with Gasteiger partial charge in [-0.2, -0.15) is 0 Å². The van der Waals surface area contributed by atoms with E-state index in [1.807, 2.05) is 25.1 Å². The van der Waals surface area contributed by atoms with Crippen LogP contribution in [0.2, 0.25) is 0 Å². The van der Waals surface area contributed by atoms with Crippen LogP contribution in [0.25, 0.3) is 0 Å². The number of benzene rings is 1. The third kappa shape index (κ3) is 2.72. The summed E-state index contributed by atoms with van der Waals surface area (Å²) in [4.78, 5) is 14.1. The molecule has 0 radical (unpaired) electrons. The Balaban J connectivity index is 2.05. The monoisotopic (exact) mass is 247 g/mol. The minimum Gasteiger partial charge on any atom is -0.465 e. The van der Waals surface area contributed by atoms with Gasteiger partial charge in [-0.25, -0.2) is 0 Å². The van der Waals surface area contributed by atoms with Gasteiger partial charge in [0.25, 0.3) is 0 Å². The molecule has 1 saturated heterocycles.